The van der Waals surface area contributed by atoms with Crippen molar-refractivity contribution in [3.8, 4) is 11.5 Å². The minimum Gasteiger partial charge on any atom is -0.493 e. The highest BCUT2D eigenvalue weighted by Gasteiger charge is 2.35. The minimum absolute atomic E-state index is 0.0292. The number of ether oxygens (including phenoxy) is 2. The lowest BCUT2D eigenvalue weighted by Crippen LogP contribution is -2.54. The summed E-state index contributed by atoms with van der Waals surface area (Å²) in [6.45, 7) is 6.78. The van der Waals surface area contributed by atoms with Crippen molar-refractivity contribution in [1.29, 1.82) is 0 Å². The van der Waals surface area contributed by atoms with Crippen LogP contribution < -0.4 is 19.1 Å². The Balaban J connectivity index is 1.86. The molecule has 0 saturated carbocycles. The summed E-state index contributed by atoms with van der Waals surface area (Å²) >= 11 is 6.58. The summed E-state index contributed by atoms with van der Waals surface area (Å²) in [7, 11) is -1.48. The molecule has 4 aromatic carbocycles. The Morgan fingerprint density at radius 3 is 2.06 bits per heavy atom. The number of sulfonamides is 1. The highest BCUT2D eigenvalue weighted by molar-refractivity contribution is 7.92. The molecule has 0 fully saturated rings. The summed E-state index contributed by atoms with van der Waals surface area (Å²) in [4.78, 5) is 29.9. The Labute approximate surface area is 288 Å². The number of nitrogens with one attached hydrogen (secondary N) is 1. The Bertz CT molecular complexity index is 1830. The van der Waals surface area contributed by atoms with Crippen LogP contribution in [-0.4, -0.2) is 58.0 Å². The lowest BCUT2D eigenvalue weighted by molar-refractivity contribution is -0.140. The second kappa shape index (κ2) is 16.0. The second-order valence-corrected chi connectivity index (χ2v) is 14.1. The molecule has 254 valence electrons. The van der Waals surface area contributed by atoms with Crippen molar-refractivity contribution in [2.24, 2.45) is 0 Å². The number of anilines is 1. The number of hydrogen-bond donors (Lipinski definition) is 1. The SMILES string of the molecule is COc1ccc(S(=O)(=O)N(CC(=O)N(Cc2ccccc2Cl)C(Cc2ccccc2)C(=O)NC(C)C)c2cc(C)cc(C)c2)cc1OC. The summed E-state index contributed by atoms with van der Waals surface area (Å²) in [5.41, 5.74) is 3.39. The van der Waals surface area contributed by atoms with E-state index in [0.29, 0.717) is 22.0 Å². The molecule has 0 aliphatic carbocycles. The molecule has 11 heteroatoms. The Hall–Kier alpha value is -4.54. The first kappa shape index (κ1) is 36.3. The Kier molecular flexibility index (Phi) is 12.1. The highest BCUT2D eigenvalue weighted by Crippen LogP contribution is 2.33. The summed E-state index contributed by atoms with van der Waals surface area (Å²) in [6.07, 6.45) is 0.196. The van der Waals surface area contributed by atoms with Gasteiger partial charge in [-0.2, -0.15) is 0 Å². The van der Waals surface area contributed by atoms with E-state index in [2.05, 4.69) is 5.32 Å². The molecule has 0 saturated heterocycles. The third kappa shape index (κ3) is 8.87. The largest absolute Gasteiger partial charge is 0.493 e. The minimum atomic E-state index is -4.35. The van der Waals surface area contributed by atoms with Gasteiger partial charge in [-0.1, -0.05) is 66.2 Å². The molecular weight excluding hydrogens is 650 g/mol. The van der Waals surface area contributed by atoms with Crippen LogP contribution in [0.3, 0.4) is 0 Å². The van der Waals surface area contributed by atoms with E-state index in [0.717, 1.165) is 21.0 Å². The smallest absolute Gasteiger partial charge is 0.264 e. The molecule has 0 aliphatic rings. The van der Waals surface area contributed by atoms with E-state index in [-0.39, 0.29) is 35.6 Å². The predicted molar refractivity (Wildman–Crippen MR) is 189 cm³/mol. The number of aryl methyl sites for hydroxylation is 2. The molecule has 4 aromatic rings. The van der Waals surface area contributed by atoms with E-state index < -0.39 is 28.5 Å². The van der Waals surface area contributed by atoms with Crippen molar-refractivity contribution < 1.29 is 27.5 Å². The quantitative estimate of drug-likeness (QED) is 0.166. The third-order valence-electron chi connectivity index (χ3n) is 7.72. The van der Waals surface area contributed by atoms with Crippen molar-refractivity contribution in [1.82, 2.24) is 10.2 Å². The monoisotopic (exact) mass is 691 g/mol. The maximum Gasteiger partial charge on any atom is 0.264 e. The van der Waals surface area contributed by atoms with Crippen LogP contribution in [0.5, 0.6) is 11.5 Å². The molecule has 0 heterocycles. The molecule has 48 heavy (non-hydrogen) atoms. The van der Waals surface area contributed by atoms with Gasteiger partial charge in [0, 0.05) is 30.1 Å². The lowest BCUT2D eigenvalue weighted by atomic mass is 10.0. The van der Waals surface area contributed by atoms with Crippen molar-refractivity contribution in [2.75, 3.05) is 25.1 Å². The molecule has 4 rings (SSSR count). The molecule has 0 aromatic heterocycles. The first-order valence-corrected chi connectivity index (χ1v) is 17.4. The number of nitrogens with zero attached hydrogens (tertiary/aromatic N) is 2. The van der Waals surface area contributed by atoms with Crippen molar-refractivity contribution in [3.05, 3.63) is 118 Å². The van der Waals surface area contributed by atoms with Gasteiger partial charge in [-0.25, -0.2) is 8.42 Å². The van der Waals surface area contributed by atoms with Crippen LogP contribution in [-0.2, 0) is 32.6 Å². The predicted octanol–water partition coefficient (Wildman–Crippen LogP) is 6.33. The molecule has 9 nitrogen and oxygen atoms in total. The topological polar surface area (TPSA) is 105 Å². The third-order valence-corrected chi connectivity index (χ3v) is 9.86. The maximum atomic E-state index is 14.7. The second-order valence-electron chi connectivity index (χ2n) is 11.9. The average Bonchev–Trinajstić information content (AvgIpc) is 3.05. The van der Waals surface area contributed by atoms with Crippen molar-refractivity contribution in [3.63, 3.8) is 0 Å². The van der Waals surface area contributed by atoms with Crippen molar-refractivity contribution in [2.45, 2.75) is 57.6 Å². The molecular formula is C37H42ClN3O6S. The fraction of sp³-hybridized carbons (Fsp3) is 0.297. The van der Waals surface area contributed by atoms with E-state index in [9.17, 15) is 18.0 Å². The van der Waals surface area contributed by atoms with E-state index in [4.69, 9.17) is 21.1 Å². The molecule has 0 aliphatic heterocycles. The van der Waals surface area contributed by atoms with Gasteiger partial charge in [0.2, 0.25) is 11.8 Å². The number of methoxy groups -OCH3 is 2. The summed E-state index contributed by atoms with van der Waals surface area (Å²) in [5, 5.41) is 3.37. The number of amides is 2. The molecule has 2 amide bonds. The number of halogens is 1. The van der Waals surface area contributed by atoms with Crippen LogP contribution >= 0.6 is 11.6 Å². The summed E-state index contributed by atoms with van der Waals surface area (Å²) in [6, 6.07) is 24.9. The highest BCUT2D eigenvalue weighted by atomic mass is 35.5. The number of carbonyl (C=O) groups is 2. The molecule has 1 N–H and O–H groups in total. The van der Waals surface area contributed by atoms with Gasteiger partial charge in [0.15, 0.2) is 11.5 Å². The van der Waals surface area contributed by atoms with Gasteiger partial charge < -0.3 is 19.7 Å². The molecule has 1 atom stereocenters. The zero-order valence-corrected chi connectivity index (χ0v) is 29.6. The van der Waals surface area contributed by atoms with Gasteiger partial charge >= 0.3 is 0 Å². The average molecular weight is 692 g/mol. The molecule has 0 spiro atoms. The number of hydrogen-bond acceptors (Lipinski definition) is 6. The fourth-order valence-electron chi connectivity index (χ4n) is 5.47. The first-order valence-electron chi connectivity index (χ1n) is 15.5. The van der Waals surface area contributed by atoms with Gasteiger partial charge in [0.05, 0.1) is 24.8 Å². The number of benzene rings is 4. The molecule has 0 bridgehead atoms. The first-order chi connectivity index (χ1) is 22.8. The van der Waals surface area contributed by atoms with Crippen LogP contribution in [0, 0.1) is 13.8 Å². The summed E-state index contributed by atoms with van der Waals surface area (Å²) in [5.74, 6) is -0.372. The zero-order chi connectivity index (χ0) is 35.0. The van der Waals surface area contributed by atoms with Gasteiger partial charge in [0.1, 0.15) is 12.6 Å². The van der Waals surface area contributed by atoms with Crippen LogP contribution in [0.4, 0.5) is 5.69 Å². The van der Waals surface area contributed by atoms with Crippen LogP contribution in [0.1, 0.15) is 36.1 Å². The van der Waals surface area contributed by atoms with E-state index in [1.807, 2.05) is 64.1 Å². The van der Waals surface area contributed by atoms with Crippen LogP contribution in [0.15, 0.2) is 95.9 Å². The molecule has 0 radical (unpaired) electrons. The van der Waals surface area contributed by atoms with Gasteiger partial charge in [-0.3, -0.25) is 13.9 Å². The maximum absolute atomic E-state index is 14.7. The van der Waals surface area contributed by atoms with Gasteiger partial charge in [-0.15, -0.1) is 0 Å². The number of carbonyl (C=O) groups excluding carboxylic acids is 2. The number of rotatable bonds is 14. The molecule has 1 unspecified atom stereocenters. The Morgan fingerprint density at radius 1 is 0.833 bits per heavy atom. The zero-order valence-electron chi connectivity index (χ0n) is 28.1. The lowest BCUT2D eigenvalue weighted by Gasteiger charge is -2.34. The van der Waals surface area contributed by atoms with E-state index in [1.165, 1.54) is 37.3 Å². The van der Waals surface area contributed by atoms with Gasteiger partial charge in [0.25, 0.3) is 10.0 Å². The summed E-state index contributed by atoms with van der Waals surface area (Å²) < 4.78 is 40.8. The fourth-order valence-corrected chi connectivity index (χ4v) is 7.08. The van der Waals surface area contributed by atoms with Crippen LogP contribution in [0.2, 0.25) is 5.02 Å². The van der Waals surface area contributed by atoms with Crippen molar-refractivity contribution >= 4 is 39.1 Å². The van der Waals surface area contributed by atoms with Gasteiger partial charge in [-0.05, 0) is 80.3 Å². The van der Waals surface area contributed by atoms with Crippen LogP contribution in [0.25, 0.3) is 0 Å². The van der Waals surface area contributed by atoms with E-state index >= 15 is 0 Å². The Morgan fingerprint density at radius 2 is 1.46 bits per heavy atom. The van der Waals surface area contributed by atoms with E-state index in [1.54, 1.807) is 36.4 Å². The normalized spacial score (nSPS) is 11.9. The standard InChI is InChI=1S/C37H42ClN3O6S/c1-25(2)39-37(43)33(21-28-12-8-7-9-13-28)40(23-29-14-10-11-15-32(29)38)36(42)24-41(30-19-26(3)18-27(4)20-30)48(44,45)31-16-17-34(46-5)35(22-31)47-6/h7-20,22,25,33H,21,23-24H2,1-6H3,(H,39,43).